The van der Waals surface area contributed by atoms with Crippen molar-refractivity contribution >= 4 is 48.8 Å². The first-order chi connectivity index (χ1) is 32.3. The average Bonchev–Trinajstić information content (AvgIpc) is 3.29. The van der Waals surface area contributed by atoms with Gasteiger partial charge in [0.05, 0.1) is 35.2 Å². The molecule has 68 heavy (non-hydrogen) atoms. The molecule has 3 aliphatic rings. The van der Waals surface area contributed by atoms with Gasteiger partial charge in [-0.3, -0.25) is 23.4 Å². The molecule has 12 nitrogen and oxygen atoms in total. The van der Waals surface area contributed by atoms with Gasteiger partial charge in [-0.15, -0.1) is 0 Å². The molecule has 1 unspecified atom stereocenters. The first kappa shape index (κ1) is 50.4. The molecule has 2 N–H and O–H groups in total. The predicted octanol–water partition coefficient (Wildman–Crippen LogP) is 11.2. The van der Waals surface area contributed by atoms with Crippen LogP contribution in [-0.4, -0.2) is 48.2 Å². The smallest absolute Gasteiger partial charge is 0.484 e. The van der Waals surface area contributed by atoms with Crippen LogP contribution in [0.15, 0.2) is 109 Å². The number of ether oxygens (including phenoxy) is 3. The Morgan fingerprint density at radius 1 is 0.721 bits per heavy atom. The highest BCUT2D eigenvalue weighted by Crippen LogP contribution is 2.54. The summed E-state index contributed by atoms with van der Waals surface area (Å²) in [7, 11) is -4.33. The maximum atomic E-state index is 14.6. The molecule has 3 saturated carbocycles. The van der Waals surface area contributed by atoms with Crippen LogP contribution in [0.4, 0.5) is 8.78 Å². The highest BCUT2D eigenvalue weighted by molar-refractivity contribution is 7.48. The summed E-state index contributed by atoms with van der Waals surface area (Å²) in [5.41, 5.74) is 0.723. The van der Waals surface area contributed by atoms with E-state index < -0.39 is 73.1 Å². The van der Waals surface area contributed by atoms with Crippen LogP contribution in [0, 0.1) is 25.5 Å². The second kappa shape index (κ2) is 21.4. The number of carbonyl (C=O) groups excluding carboxylic acids is 3. The molecule has 0 aliphatic heterocycles. The van der Waals surface area contributed by atoms with E-state index >= 15 is 0 Å². The molecule has 0 spiro atoms. The fourth-order valence-corrected chi connectivity index (χ4v) is 10.5. The summed E-state index contributed by atoms with van der Waals surface area (Å²) in [5.74, 6) is -2.60. The summed E-state index contributed by atoms with van der Waals surface area (Å²) in [6.45, 7) is 6.40. The Morgan fingerprint density at radius 2 is 1.24 bits per heavy atom. The SMILES string of the molecule is Cc1cc(C)c(C(C)(C)CC(=O)OC2CC3(NC(=O)COc4ccc(Cl)c(F)c4)CCC2(NC(=O)COc2ccc(Cl)c(F)c2)CC3)c(OP(=O)(OCc2ccccc2)OCc2ccccc2)c1. The van der Waals surface area contributed by atoms with E-state index in [0.717, 1.165) is 34.4 Å². The molecular formula is C51H53Cl2F2N2O10P. The molecule has 0 radical (unpaired) electrons. The van der Waals surface area contributed by atoms with Gasteiger partial charge in [0.1, 0.15) is 35.0 Å². The van der Waals surface area contributed by atoms with E-state index in [9.17, 15) is 27.7 Å². The third-order valence-electron chi connectivity index (χ3n) is 12.3. The summed E-state index contributed by atoms with van der Waals surface area (Å²) < 4.78 is 78.7. The van der Waals surface area contributed by atoms with Crippen molar-refractivity contribution in [1.29, 1.82) is 0 Å². The monoisotopic (exact) mass is 992 g/mol. The Hall–Kier alpha value is -5.50. The van der Waals surface area contributed by atoms with Crippen LogP contribution in [-0.2, 0) is 51.4 Å². The molecule has 0 aromatic heterocycles. The van der Waals surface area contributed by atoms with Crippen molar-refractivity contribution in [3.63, 3.8) is 0 Å². The average molecular weight is 994 g/mol. The summed E-state index contributed by atoms with van der Waals surface area (Å²) in [6, 6.07) is 29.8. The molecule has 0 heterocycles. The molecule has 0 saturated heterocycles. The minimum Gasteiger partial charge on any atom is -0.484 e. The van der Waals surface area contributed by atoms with E-state index in [1.54, 1.807) is 6.07 Å². The number of hydrogen-bond donors (Lipinski definition) is 2. The van der Waals surface area contributed by atoms with Gasteiger partial charge in [0.25, 0.3) is 11.8 Å². The van der Waals surface area contributed by atoms with Crippen molar-refractivity contribution in [1.82, 2.24) is 10.6 Å². The van der Waals surface area contributed by atoms with E-state index in [1.165, 1.54) is 24.3 Å². The number of phosphoric ester groups is 1. The third-order valence-corrected chi connectivity index (χ3v) is 14.2. The van der Waals surface area contributed by atoms with Gasteiger partial charge in [-0.1, -0.05) is 104 Å². The van der Waals surface area contributed by atoms with Crippen LogP contribution in [0.2, 0.25) is 10.0 Å². The molecule has 2 amide bonds. The van der Waals surface area contributed by atoms with E-state index in [2.05, 4.69) is 10.6 Å². The number of benzene rings is 5. The lowest BCUT2D eigenvalue weighted by Crippen LogP contribution is -2.71. The number of fused-ring (bicyclic) bond motifs is 3. The normalized spacial score (nSPS) is 18.9. The highest BCUT2D eigenvalue weighted by atomic mass is 35.5. The standard InChI is InChI=1S/C51H53Cl2F2N2O10P/c1-33-23-34(2)48(43(24-33)67-68(61,64-29-35-11-7-5-8-12-35)65-30-36-13-9-6-10-14-36)49(3,4)28-47(60)66-44-27-50(56-45(58)31-62-37-15-17-39(52)41(54)25-37)19-21-51(44,22-20-50)57-46(59)32-63-38-16-18-40(53)42(55)26-38/h5-18,23-26,44H,19-22,27-32H2,1-4H3,(H,56,58)(H,57,59). The van der Waals surface area contributed by atoms with Crippen LogP contribution < -0.4 is 24.6 Å². The number of rotatable bonds is 20. The summed E-state index contributed by atoms with van der Waals surface area (Å²) in [4.78, 5) is 41.4. The highest BCUT2D eigenvalue weighted by Gasteiger charge is 2.57. The van der Waals surface area contributed by atoms with Crippen LogP contribution in [0.5, 0.6) is 17.2 Å². The fourth-order valence-electron chi connectivity index (χ4n) is 9.05. The lowest BCUT2D eigenvalue weighted by atomic mass is 9.59. The second-order valence-electron chi connectivity index (χ2n) is 18.0. The van der Waals surface area contributed by atoms with Crippen molar-refractivity contribution in [2.45, 2.75) is 102 Å². The molecule has 1 atom stereocenters. The number of carbonyl (C=O) groups is 3. The minimum atomic E-state index is -4.33. The summed E-state index contributed by atoms with van der Waals surface area (Å²) in [6.07, 6.45) is 0.487. The second-order valence-corrected chi connectivity index (χ2v) is 20.4. The van der Waals surface area contributed by atoms with Gasteiger partial charge in [0.2, 0.25) is 0 Å². The van der Waals surface area contributed by atoms with Crippen LogP contribution in [0.3, 0.4) is 0 Å². The number of halogens is 4. The molecule has 3 aliphatic carbocycles. The first-order valence-corrected chi connectivity index (χ1v) is 24.3. The maximum absolute atomic E-state index is 14.6. The van der Waals surface area contributed by atoms with Gasteiger partial charge >= 0.3 is 13.8 Å². The summed E-state index contributed by atoms with van der Waals surface area (Å²) >= 11 is 11.6. The van der Waals surface area contributed by atoms with Crippen molar-refractivity contribution in [3.05, 3.63) is 159 Å². The van der Waals surface area contributed by atoms with Crippen molar-refractivity contribution in [2.75, 3.05) is 13.2 Å². The molecule has 2 bridgehead atoms. The maximum Gasteiger partial charge on any atom is 0.530 e. The lowest BCUT2D eigenvalue weighted by Gasteiger charge is -2.57. The molecule has 3 fully saturated rings. The quantitative estimate of drug-likeness (QED) is 0.0570. The van der Waals surface area contributed by atoms with E-state index in [0.29, 0.717) is 31.2 Å². The number of hydrogen-bond acceptors (Lipinski definition) is 10. The predicted molar refractivity (Wildman–Crippen MR) is 253 cm³/mol. The van der Waals surface area contributed by atoms with Crippen molar-refractivity contribution < 1.29 is 55.5 Å². The fraction of sp³-hybridized carbons (Fsp3) is 0.353. The zero-order valence-corrected chi connectivity index (χ0v) is 40.5. The largest absolute Gasteiger partial charge is 0.530 e. The van der Waals surface area contributed by atoms with E-state index in [-0.39, 0.29) is 53.3 Å². The van der Waals surface area contributed by atoms with Crippen LogP contribution in [0.1, 0.15) is 80.2 Å². The minimum absolute atomic E-state index is 0.0639. The number of aryl methyl sites for hydroxylation is 2. The first-order valence-electron chi connectivity index (χ1n) is 22.1. The Kier molecular flexibility index (Phi) is 15.9. The van der Waals surface area contributed by atoms with Gasteiger partial charge in [0, 0.05) is 35.1 Å². The zero-order chi connectivity index (χ0) is 48.7. The topological polar surface area (TPSA) is 148 Å². The third kappa shape index (κ3) is 12.8. The van der Waals surface area contributed by atoms with Gasteiger partial charge < -0.3 is 29.4 Å². The van der Waals surface area contributed by atoms with E-state index in [1.807, 2.05) is 94.4 Å². The molecule has 17 heteroatoms. The molecule has 360 valence electrons. The number of amides is 2. The molecule has 5 aromatic carbocycles. The Balaban J connectivity index is 1.10. The molecule has 8 rings (SSSR count). The van der Waals surface area contributed by atoms with Crippen LogP contribution >= 0.6 is 31.0 Å². The lowest BCUT2D eigenvalue weighted by molar-refractivity contribution is -0.168. The number of esters is 1. The van der Waals surface area contributed by atoms with Crippen molar-refractivity contribution in [3.8, 4) is 17.2 Å². The van der Waals surface area contributed by atoms with Gasteiger partial charge in [0.15, 0.2) is 13.2 Å². The van der Waals surface area contributed by atoms with Gasteiger partial charge in [-0.2, -0.15) is 0 Å². The Morgan fingerprint density at radius 3 is 1.75 bits per heavy atom. The zero-order valence-electron chi connectivity index (χ0n) is 38.1. The Bertz CT molecular complexity index is 2620. The van der Waals surface area contributed by atoms with E-state index in [4.69, 9.17) is 51.0 Å². The Labute approximate surface area is 404 Å². The summed E-state index contributed by atoms with van der Waals surface area (Å²) in [5, 5.41) is 5.96. The molecular weight excluding hydrogens is 940 g/mol. The number of nitrogens with one attached hydrogen (secondary N) is 2. The van der Waals surface area contributed by atoms with Gasteiger partial charge in [-0.05, 0) is 92.1 Å². The number of phosphoric acid groups is 1. The van der Waals surface area contributed by atoms with Crippen molar-refractivity contribution in [2.24, 2.45) is 0 Å². The van der Waals surface area contributed by atoms with Gasteiger partial charge in [-0.25, -0.2) is 13.3 Å². The van der Waals surface area contributed by atoms with Crippen LogP contribution in [0.25, 0.3) is 0 Å². The molecule has 5 aromatic rings.